The lowest BCUT2D eigenvalue weighted by molar-refractivity contribution is -0.115. The number of fused-ring (bicyclic) bond motifs is 1. The van der Waals surface area contributed by atoms with E-state index in [1.54, 1.807) is 12.1 Å². The summed E-state index contributed by atoms with van der Waals surface area (Å²) in [5.74, 6) is 0.0213. The van der Waals surface area contributed by atoms with E-state index in [9.17, 15) is 4.79 Å². The fourth-order valence-electron chi connectivity index (χ4n) is 1.26. The molecule has 1 amide bonds. The average molecular weight is 246 g/mol. The summed E-state index contributed by atoms with van der Waals surface area (Å²) in [7, 11) is 0. The lowest BCUT2D eigenvalue weighted by Crippen LogP contribution is -2.03. The third-order valence-corrected chi connectivity index (χ3v) is 2.60. The standard InChI is InChI=1S/C8H5BrClNO/c9-6-3-5(10)1-4-2-7(12)11-8(4)6/h1,3H,2H2,(H,11,12). The zero-order valence-corrected chi connectivity index (χ0v) is 8.37. The summed E-state index contributed by atoms with van der Waals surface area (Å²) in [6.45, 7) is 0. The first-order valence-electron chi connectivity index (χ1n) is 3.44. The van der Waals surface area contributed by atoms with Gasteiger partial charge in [0.2, 0.25) is 5.91 Å². The van der Waals surface area contributed by atoms with Crippen LogP contribution in [0.3, 0.4) is 0 Å². The SMILES string of the molecule is O=C1Cc2cc(Cl)cc(Br)c2N1. The fourth-order valence-corrected chi connectivity index (χ4v) is 2.24. The van der Waals surface area contributed by atoms with Crippen molar-refractivity contribution in [1.82, 2.24) is 0 Å². The summed E-state index contributed by atoms with van der Waals surface area (Å²) < 4.78 is 0.843. The highest BCUT2D eigenvalue weighted by Gasteiger charge is 2.20. The molecule has 0 aliphatic carbocycles. The lowest BCUT2D eigenvalue weighted by Gasteiger charge is -2.01. The van der Waals surface area contributed by atoms with Crippen molar-refractivity contribution in [2.45, 2.75) is 6.42 Å². The zero-order valence-electron chi connectivity index (χ0n) is 6.03. The summed E-state index contributed by atoms with van der Waals surface area (Å²) in [6, 6.07) is 3.57. The van der Waals surface area contributed by atoms with Crippen molar-refractivity contribution in [3.63, 3.8) is 0 Å². The molecule has 2 rings (SSSR count). The molecule has 0 atom stereocenters. The summed E-state index contributed by atoms with van der Waals surface area (Å²) >= 11 is 9.13. The van der Waals surface area contributed by atoms with Crippen LogP contribution >= 0.6 is 27.5 Å². The van der Waals surface area contributed by atoms with Crippen LogP contribution in [0.25, 0.3) is 0 Å². The molecular weight excluding hydrogens is 241 g/mol. The molecule has 12 heavy (non-hydrogen) atoms. The molecule has 62 valence electrons. The van der Waals surface area contributed by atoms with Gasteiger partial charge < -0.3 is 5.32 Å². The maximum Gasteiger partial charge on any atom is 0.228 e. The van der Waals surface area contributed by atoms with Crippen LogP contribution in [-0.2, 0) is 11.2 Å². The Balaban J connectivity index is 2.59. The number of carbonyl (C=O) groups is 1. The van der Waals surface area contributed by atoms with Crippen LogP contribution in [-0.4, -0.2) is 5.91 Å². The predicted molar refractivity (Wildman–Crippen MR) is 51.5 cm³/mol. The van der Waals surface area contributed by atoms with E-state index >= 15 is 0 Å². The Morgan fingerprint density at radius 2 is 2.25 bits per heavy atom. The van der Waals surface area contributed by atoms with E-state index < -0.39 is 0 Å². The van der Waals surface area contributed by atoms with Gasteiger partial charge >= 0.3 is 0 Å². The first-order chi connectivity index (χ1) is 5.66. The average Bonchev–Trinajstić information content (AvgIpc) is 2.29. The molecule has 1 aromatic rings. The molecule has 0 fully saturated rings. The molecular formula is C8H5BrClNO. The number of rotatable bonds is 0. The molecule has 0 bridgehead atoms. The van der Waals surface area contributed by atoms with Crippen LogP contribution in [0.15, 0.2) is 16.6 Å². The first-order valence-corrected chi connectivity index (χ1v) is 4.61. The minimum Gasteiger partial charge on any atom is -0.325 e. The number of halogens is 2. The summed E-state index contributed by atoms with van der Waals surface area (Å²) in [5, 5.41) is 3.40. The van der Waals surface area contributed by atoms with E-state index in [1.165, 1.54) is 0 Å². The highest BCUT2D eigenvalue weighted by atomic mass is 79.9. The molecule has 1 heterocycles. The summed E-state index contributed by atoms with van der Waals surface area (Å²) in [4.78, 5) is 11.0. The third kappa shape index (κ3) is 1.23. The minimum atomic E-state index is 0.0213. The second-order valence-corrected chi connectivity index (χ2v) is 3.94. The molecule has 0 unspecified atom stereocenters. The number of hydrogen-bond acceptors (Lipinski definition) is 1. The number of anilines is 1. The molecule has 0 aromatic heterocycles. The smallest absolute Gasteiger partial charge is 0.228 e. The largest absolute Gasteiger partial charge is 0.325 e. The molecule has 0 spiro atoms. The van der Waals surface area contributed by atoms with Gasteiger partial charge in [-0.2, -0.15) is 0 Å². The highest BCUT2D eigenvalue weighted by Crippen LogP contribution is 2.34. The van der Waals surface area contributed by atoms with Gasteiger partial charge in [0.15, 0.2) is 0 Å². The highest BCUT2D eigenvalue weighted by molar-refractivity contribution is 9.10. The Morgan fingerprint density at radius 1 is 1.50 bits per heavy atom. The van der Waals surface area contributed by atoms with Gasteiger partial charge in [0.1, 0.15) is 0 Å². The number of amides is 1. The van der Waals surface area contributed by atoms with Crippen molar-refractivity contribution in [3.8, 4) is 0 Å². The number of nitrogens with one attached hydrogen (secondary N) is 1. The van der Waals surface area contributed by atoms with Gasteiger partial charge in [-0.25, -0.2) is 0 Å². The Bertz CT molecular complexity index is 364. The van der Waals surface area contributed by atoms with E-state index in [-0.39, 0.29) is 5.91 Å². The molecule has 1 aliphatic rings. The van der Waals surface area contributed by atoms with Gasteiger partial charge in [-0.3, -0.25) is 4.79 Å². The second-order valence-electron chi connectivity index (χ2n) is 2.65. The molecule has 1 N–H and O–H groups in total. The summed E-state index contributed by atoms with van der Waals surface area (Å²) in [5.41, 5.74) is 1.81. The van der Waals surface area contributed by atoms with Crippen LogP contribution in [0.2, 0.25) is 5.02 Å². The predicted octanol–water partition coefficient (Wildman–Crippen LogP) is 2.60. The molecule has 0 saturated heterocycles. The normalized spacial score (nSPS) is 14.3. The van der Waals surface area contributed by atoms with E-state index in [2.05, 4.69) is 21.2 Å². The topological polar surface area (TPSA) is 29.1 Å². The maximum atomic E-state index is 11.0. The van der Waals surface area contributed by atoms with Gasteiger partial charge in [-0.1, -0.05) is 11.6 Å². The zero-order chi connectivity index (χ0) is 8.72. The van der Waals surface area contributed by atoms with Crippen molar-refractivity contribution < 1.29 is 4.79 Å². The Labute approximate surface area is 83.0 Å². The summed E-state index contributed by atoms with van der Waals surface area (Å²) in [6.07, 6.45) is 0.425. The molecule has 0 saturated carbocycles. The van der Waals surface area contributed by atoms with E-state index in [0.717, 1.165) is 15.7 Å². The van der Waals surface area contributed by atoms with Gasteiger partial charge in [-0.05, 0) is 33.6 Å². The maximum absolute atomic E-state index is 11.0. The Morgan fingerprint density at radius 3 is 3.00 bits per heavy atom. The number of hydrogen-bond donors (Lipinski definition) is 1. The van der Waals surface area contributed by atoms with Crippen LogP contribution in [0.5, 0.6) is 0 Å². The molecule has 0 radical (unpaired) electrons. The van der Waals surface area contributed by atoms with E-state index in [1.807, 2.05) is 0 Å². The van der Waals surface area contributed by atoms with Crippen molar-refractivity contribution in [2.24, 2.45) is 0 Å². The van der Waals surface area contributed by atoms with Crippen molar-refractivity contribution >= 4 is 39.1 Å². The van der Waals surface area contributed by atoms with E-state index in [4.69, 9.17) is 11.6 Å². The Kier molecular flexibility index (Phi) is 1.85. The van der Waals surface area contributed by atoms with Gasteiger partial charge in [-0.15, -0.1) is 0 Å². The molecule has 2 nitrogen and oxygen atoms in total. The quantitative estimate of drug-likeness (QED) is 0.749. The van der Waals surface area contributed by atoms with Crippen molar-refractivity contribution in [1.29, 1.82) is 0 Å². The van der Waals surface area contributed by atoms with Gasteiger partial charge in [0.25, 0.3) is 0 Å². The number of carbonyl (C=O) groups excluding carboxylic acids is 1. The molecule has 4 heteroatoms. The molecule has 1 aliphatic heterocycles. The van der Waals surface area contributed by atoms with Gasteiger partial charge in [0, 0.05) is 9.50 Å². The second kappa shape index (κ2) is 2.75. The Hall–Kier alpha value is -0.540. The molecule has 1 aromatic carbocycles. The monoisotopic (exact) mass is 245 g/mol. The van der Waals surface area contributed by atoms with Crippen molar-refractivity contribution in [2.75, 3.05) is 5.32 Å². The van der Waals surface area contributed by atoms with Crippen LogP contribution in [0, 0.1) is 0 Å². The number of benzene rings is 1. The van der Waals surface area contributed by atoms with Crippen LogP contribution in [0.4, 0.5) is 5.69 Å². The van der Waals surface area contributed by atoms with Crippen LogP contribution in [0.1, 0.15) is 5.56 Å². The van der Waals surface area contributed by atoms with Gasteiger partial charge in [0.05, 0.1) is 12.1 Å². The fraction of sp³-hybridized carbons (Fsp3) is 0.125. The minimum absolute atomic E-state index is 0.0213. The lowest BCUT2D eigenvalue weighted by atomic mass is 10.2. The van der Waals surface area contributed by atoms with E-state index in [0.29, 0.717) is 11.4 Å². The van der Waals surface area contributed by atoms with Crippen LogP contribution < -0.4 is 5.32 Å². The van der Waals surface area contributed by atoms with Crippen molar-refractivity contribution in [3.05, 3.63) is 27.2 Å². The third-order valence-electron chi connectivity index (χ3n) is 1.75. The first kappa shape index (κ1) is 8.08.